The van der Waals surface area contributed by atoms with Gasteiger partial charge in [-0.15, -0.1) is 0 Å². The van der Waals surface area contributed by atoms with Crippen LogP contribution >= 0.6 is 11.6 Å². The Labute approximate surface area is 105 Å². The van der Waals surface area contributed by atoms with Crippen LogP contribution in [0.2, 0.25) is 5.02 Å². The zero-order valence-corrected chi connectivity index (χ0v) is 10.0. The molecule has 4 nitrogen and oxygen atoms in total. The number of amides is 2. The van der Waals surface area contributed by atoms with Crippen LogP contribution in [0.25, 0.3) is 0 Å². The summed E-state index contributed by atoms with van der Waals surface area (Å²) in [4.78, 5) is 11.2. The summed E-state index contributed by atoms with van der Waals surface area (Å²) in [5, 5.41) is 10.5. The molecule has 1 fully saturated rings. The van der Waals surface area contributed by atoms with Gasteiger partial charge in [-0.2, -0.15) is 5.32 Å². The van der Waals surface area contributed by atoms with Crippen LogP contribution in [-0.4, -0.2) is 19.1 Å². The van der Waals surface area contributed by atoms with Crippen molar-refractivity contribution in [1.82, 2.24) is 10.6 Å². The van der Waals surface area contributed by atoms with E-state index in [1.54, 1.807) is 0 Å². The maximum atomic E-state index is 11.2. The minimum absolute atomic E-state index is 0.329. The zero-order chi connectivity index (χ0) is 11.8. The first-order valence-corrected chi connectivity index (χ1v) is 6.19. The molecular weight excluding hydrogens is 238 g/mol. The number of fused-ring (bicyclic) bond motifs is 1. The molecule has 17 heavy (non-hydrogen) atoms. The maximum Gasteiger partial charge on any atom is 0.346 e. The number of nitrogens with one attached hydrogen (secondary N) is 2. The van der Waals surface area contributed by atoms with Crippen LogP contribution in [0.5, 0.6) is 0 Å². The Hall–Kier alpha value is -1.26. The summed E-state index contributed by atoms with van der Waals surface area (Å²) >= 11 is 6.16. The summed E-state index contributed by atoms with van der Waals surface area (Å²) in [6.45, 7) is 2.08. The summed E-state index contributed by atoms with van der Waals surface area (Å²) in [7, 11) is 0. The number of hydrogen-bond donors (Lipinski definition) is 2. The zero-order valence-electron chi connectivity index (χ0n) is 9.29. The Kier molecular flexibility index (Phi) is 2.68. The standard InChI is InChI=1S/C12H13ClN3O/c13-9-5-8(7-1-3-14-4-2-7)6-10-11(9)16-12(17)15-10/h5-7,14H,1-4H2,(H,15,17). The first-order valence-electron chi connectivity index (χ1n) is 5.81. The van der Waals surface area contributed by atoms with E-state index in [-0.39, 0.29) is 6.03 Å². The molecule has 89 valence electrons. The number of anilines is 1. The molecule has 0 atom stereocenters. The molecule has 2 heterocycles. The normalized spacial score (nSPS) is 19.7. The number of piperidine rings is 1. The highest BCUT2D eigenvalue weighted by atomic mass is 35.5. The highest BCUT2D eigenvalue weighted by Crippen LogP contribution is 2.39. The summed E-state index contributed by atoms with van der Waals surface area (Å²) in [5.41, 5.74) is 2.53. The number of rotatable bonds is 1. The Balaban J connectivity index is 1.94. The molecule has 0 saturated carbocycles. The fraction of sp³-hybridized carbons (Fsp3) is 0.417. The van der Waals surface area contributed by atoms with Gasteiger partial charge in [-0.3, -0.25) is 0 Å². The van der Waals surface area contributed by atoms with Gasteiger partial charge in [0, 0.05) is 0 Å². The molecule has 5 heteroatoms. The lowest BCUT2D eigenvalue weighted by Crippen LogP contribution is -2.26. The first kappa shape index (κ1) is 10.9. The van der Waals surface area contributed by atoms with Crippen molar-refractivity contribution in [2.24, 2.45) is 0 Å². The van der Waals surface area contributed by atoms with Crippen molar-refractivity contribution in [2.75, 3.05) is 18.4 Å². The van der Waals surface area contributed by atoms with E-state index in [4.69, 9.17) is 11.6 Å². The second kappa shape index (κ2) is 4.20. The van der Waals surface area contributed by atoms with Gasteiger partial charge < -0.3 is 10.6 Å². The predicted octanol–water partition coefficient (Wildman–Crippen LogP) is 2.59. The molecule has 1 aromatic carbocycles. The number of halogens is 1. The van der Waals surface area contributed by atoms with Crippen LogP contribution in [0.4, 0.5) is 16.2 Å². The number of carbonyl (C=O) groups is 1. The van der Waals surface area contributed by atoms with Gasteiger partial charge in [-0.1, -0.05) is 11.6 Å². The van der Waals surface area contributed by atoms with Crippen molar-refractivity contribution in [2.45, 2.75) is 18.8 Å². The third-order valence-electron chi connectivity index (χ3n) is 3.35. The molecule has 2 aliphatic rings. The van der Waals surface area contributed by atoms with E-state index in [0.717, 1.165) is 31.6 Å². The van der Waals surface area contributed by atoms with Gasteiger partial charge in [0.05, 0.1) is 10.7 Å². The Morgan fingerprint density at radius 1 is 1.29 bits per heavy atom. The van der Waals surface area contributed by atoms with Gasteiger partial charge in [-0.05, 0) is 49.5 Å². The van der Waals surface area contributed by atoms with Crippen molar-refractivity contribution < 1.29 is 4.79 Å². The van der Waals surface area contributed by atoms with Crippen molar-refractivity contribution in [3.8, 4) is 0 Å². The Morgan fingerprint density at radius 3 is 2.82 bits per heavy atom. The van der Waals surface area contributed by atoms with Crippen LogP contribution in [0.3, 0.4) is 0 Å². The highest BCUT2D eigenvalue weighted by Gasteiger charge is 2.25. The molecule has 1 saturated heterocycles. The molecule has 0 unspecified atom stereocenters. The largest absolute Gasteiger partial charge is 0.346 e. The quantitative estimate of drug-likeness (QED) is 0.805. The third kappa shape index (κ3) is 1.98. The molecule has 3 rings (SSSR count). The molecule has 0 bridgehead atoms. The summed E-state index contributed by atoms with van der Waals surface area (Å²) in [5.74, 6) is 0.525. The molecule has 0 aliphatic carbocycles. The van der Waals surface area contributed by atoms with Crippen LogP contribution in [0, 0.1) is 0 Å². The molecule has 0 spiro atoms. The van der Waals surface area contributed by atoms with Crippen LogP contribution in [0.1, 0.15) is 24.3 Å². The van der Waals surface area contributed by atoms with Gasteiger partial charge >= 0.3 is 6.03 Å². The van der Waals surface area contributed by atoms with Crippen LogP contribution < -0.4 is 16.0 Å². The van der Waals surface area contributed by atoms with E-state index in [2.05, 4.69) is 16.0 Å². The minimum atomic E-state index is -0.329. The van der Waals surface area contributed by atoms with Crippen LogP contribution in [-0.2, 0) is 0 Å². The van der Waals surface area contributed by atoms with Gasteiger partial charge in [-0.25, -0.2) is 4.79 Å². The Bertz CT molecular complexity index is 469. The summed E-state index contributed by atoms with van der Waals surface area (Å²) in [6, 6.07) is 3.62. The van der Waals surface area contributed by atoms with Gasteiger partial charge in [0.1, 0.15) is 5.69 Å². The number of nitrogens with zero attached hydrogens (tertiary/aromatic N) is 1. The monoisotopic (exact) mass is 250 g/mol. The summed E-state index contributed by atoms with van der Waals surface area (Å²) < 4.78 is 0. The van der Waals surface area contributed by atoms with Crippen molar-refractivity contribution in [3.05, 3.63) is 22.7 Å². The second-order valence-corrected chi connectivity index (χ2v) is 4.87. The number of carbonyl (C=O) groups excluding carboxylic acids is 1. The minimum Gasteiger partial charge on any atom is -0.317 e. The van der Waals surface area contributed by atoms with Crippen molar-refractivity contribution in [1.29, 1.82) is 0 Å². The SMILES string of the molecule is O=C1[N]c2c(Cl)cc(C3CCNCC3)cc2N1. The van der Waals surface area contributed by atoms with E-state index in [0.29, 0.717) is 16.6 Å². The smallest absolute Gasteiger partial charge is 0.317 e. The van der Waals surface area contributed by atoms with Gasteiger partial charge in [0.25, 0.3) is 0 Å². The lowest BCUT2D eigenvalue weighted by molar-refractivity contribution is 0.256. The number of benzene rings is 1. The van der Waals surface area contributed by atoms with Gasteiger partial charge in [0.15, 0.2) is 0 Å². The number of urea groups is 1. The van der Waals surface area contributed by atoms with E-state index in [1.807, 2.05) is 12.1 Å². The first-order chi connectivity index (χ1) is 8.24. The van der Waals surface area contributed by atoms with Gasteiger partial charge in [0.2, 0.25) is 0 Å². The predicted molar refractivity (Wildman–Crippen MR) is 67.1 cm³/mol. The topological polar surface area (TPSA) is 55.2 Å². The average Bonchev–Trinajstić information content (AvgIpc) is 2.71. The second-order valence-electron chi connectivity index (χ2n) is 4.47. The van der Waals surface area contributed by atoms with E-state index in [9.17, 15) is 4.79 Å². The Morgan fingerprint density at radius 2 is 2.06 bits per heavy atom. The molecule has 0 aromatic heterocycles. The molecular formula is C12H13ClN3O. The molecule has 1 aromatic rings. The van der Waals surface area contributed by atoms with E-state index < -0.39 is 0 Å². The summed E-state index contributed by atoms with van der Waals surface area (Å²) in [6.07, 6.45) is 2.22. The third-order valence-corrected chi connectivity index (χ3v) is 3.64. The average molecular weight is 251 g/mol. The van der Waals surface area contributed by atoms with Crippen molar-refractivity contribution in [3.63, 3.8) is 0 Å². The molecule has 2 aliphatic heterocycles. The number of hydrogen-bond acceptors (Lipinski definition) is 2. The lowest BCUT2D eigenvalue weighted by atomic mass is 9.90. The fourth-order valence-corrected chi connectivity index (χ4v) is 2.73. The fourth-order valence-electron chi connectivity index (χ4n) is 2.46. The molecule has 2 amide bonds. The lowest BCUT2D eigenvalue weighted by Gasteiger charge is -2.23. The highest BCUT2D eigenvalue weighted by molar-refractivity contribution is 6.34. The maximum absolute atomic E-state index is 11.2. The van der Waals surface area contributed by atoms with E-state index >= 15 is 0 Å². The molecule has 2 N–H and O–H groups in total. The van der Waals surface area contributed by atoms with E-state index in [1.165, 1.54) is 5.56 Å². The van der Waals surface area contributed by atoms with Crippen molar-refractivity contribution >= 4 is 29.0 Å². The van der Waals surface area contributed by atoms with Crippen LogP contribution in [0.15, 0.2) is 12.1 Å². The molecule has 1 radical (unpaired) electrons.